The van der Waals surface area contributed by atoms with Crippen molar-refractivity contribution in [2.75, 3.05) is 0 Å². The first-order chi connectivity index (χ1) is 5.75. The van der Waals surface area contributed by atoms with E-state index in [4.69, 9.17) is 0 Å². The Bertz CT molecular complexity index is 149. The zero-order chi connectivity index (χ0) is 8.55. The third-order valence-electron chi connectivity index (χ3n) is 3.46. The fraction of sp³-hybridized carbons (Fsp3) is 1.00. The summed E-state index contributed by atoms with van der Waals surface area (Å²) in [6, 6.07) is 1.77. The summed E-state index contributed by atoms with van der Waals surface area (Å²) in [6.07, 6.45) is 7.20. The van der Waals surface area contributed by atoms with E-state index in [9.17, 15) is 0 Å². The molecular weight excluding hydrogens is 146 g/mol. The summed E-state index contributed by atoms with van der Waals surface area (Å²) in [6.45, 7) is 4.73. The first kappa shape index (κ1) is 8.55. The molecule has 70 valence electrons. The van der Waals surface area contributed by atoms with Gasteiger partial charge in [0.25, 0.3) is 0 Å². The smallest absolute Gasteiger partial charge is 0.00724 e. The van der Waals surface area contributed by atoms with E-state index in [-0.39, 0.29) is 0 Å². The normalized spacial score (nSPS) is 36.2. The van der Waals surface area contributed by atoms with Crippen molar-refractivity contribution in [1.29, 1.82) is 0 Å². The molecule has 2 saturated carbocycles. The van der Waals surface area contributed by atoms with Crippen molar-refractivity contribution in [1.82, 2.24) is 5.32 Å². The Kier molecular flexibility index (Phi) is 2.40. The number of nitrogens with one attached hydrogen (secondary N) is 1. The fourth-order valence-corrected chi connectivity index (χ4v) is 2.36. The molecule has 2 unspecified atom stereocenters. The van der Waals surface area contributed by atoms with Gasteiger partial charge in [-0.3, -0.25) is 0 Å². The SMILES string of the molecule is CC(C)C1CCC(NC2CC2)C1. The molecule has 2 aliphatic carbocycles. The van der Waals surface area contributed by atoms with Crippen molar-refractivity contribution >= 4 is 0 Å². The van der Waals surface area contributed by atoms with Crippen LogP contribution in [-0.2, 0) is 0 Å². The zero-order valence-corrected chi connectivity index (χ0v) is 8.34. The Morgan fingerprint density at radius 3 is 2.17 bits per heavy atom. The second-order valence-electron chi connectivity index (χ2n) is 4.96. The average molecular weight is 167 g/mol. The molecule has 0 heterocycles. The van der Waals surface area contributed by atoms with Crippen molar-refractivity contribution in [3.05, 3.63) is 0 Å². The third kappa shape index (κ3) is 2.01. The van der Waals surface area contributed by atoms with Gasteiger partial charge < -0.3 is 5.32 Å². The lowest BCUT2D eigenvalue weighted by Gasteiger charge is -2.15. The van der Waals surface area contributed by atoms with E-state index in [2.05, 4.69) is 19.2 Å². The van der Waals surface area contributed by atoms with Gasteiger partial charge in [0.1, 0.15) is 0 Å². The summed E-state index contributed by atoms with van der Waals surface area (Å²) in [5, 5.41) is 3.74. The number of hydrogen-bond acceptors (Lipinski definition) is 1. The van der Waals surface area contributed by atoms with E-state index >= 15 is 0 Å². The van der Waals surface area contributed by atoms with Crippen LogP contribution in [0.5, 0.6) is 0 Å². The van der Waals surface area contributed by atoms with Crippen LogP contribution in [-0.4, -0.2) is 12.1 Å². The van der Waals surface area contributed by atoms with Gasteiger partial charge in [0.15, 0.2) is 0 Å². The van der Waals surface area contributed by atoms with Gasteiger partial charge in [0.2, 0.25) is 0 Å². The second-order valence-corrected chi connectivity index (χ2v) is 4.96. The van der Waals surface area contributed by atoms with Crippen molar-refractivity contribution in [2.24, 2.45) is 11.8 Å². The maximum Gasteiger partial charge on any atom is 0.00724 e. The highest BCUT2D eigenvalue weighted by Gasteiger charge is 2.31. The standard InChI is InChI=1S/C11H21N/c1-8(2)9-3-4-11(7-9)12-10-5-6-10/h8-12H,3-7H2,1-2H3. The monoisotopic (exact) mass is 167 g/mol. The number of hydrogen-bond donors (Lipinski definition) is 1. The summed E-state index contributed by atoms with van der Waals surface area (Å²) >= 11 is 0. The Labute approximate surface area is 75.9 Å². The topological polar surface area (TPSA) is 12.0 Å². The van der Waals surface area contributed by atoms with E-state index in [1.807, 2.05) is 0 Å². The van der Waals surface area contributed by atoms with E-state index in [1.54, 1.807) is 0 Å². The van der Waals surface area contributed by atoms with Gasteiger partial charge in [-0.05, 0) is 43.9 Å². The molecule has 0 radical (unpaired) electrons. The maximum atomic E-state index is 3.74. The lowest BCUT2D eigenvalue weighted by molar-refractivity contribution is 0.381. The van der Waals surface area contributed by atoms with E-state index in [1.165, 1.54) is 32.1 Å². The van der Waals surface area contributed by atoms with E-state index in [0.717, 1.165) is 23.9 Å². The van der Waals surface area contributed by atoms with Gasteiger partial charge in [0.05, 0.1) is 0 Å². The quantitative estimate of drug-likeness (QED) is 0.681. The minimum Gasteiger partial charge on any atom is -0.311 e. The highest BCUT2D eigenvalue weighted by atomic mass is 15.0. The minimum absolute atomic E-state index is 0.866. The molecule has 12 heavy (non-hydrogen) atoms. The van der Waals surface area contributed by atoms with Gasteiger partial charge in [-0.15, -0.1) is 0 Å². The predicted octanol–water partition coefficient (Wildman–Crippen LogP) is 2.56. The lowest BCUT2D eigenvalue weighted by atomic mass is 9.94. The number of rotatable bonds is 3. The molecule has 2 atom stereocenters. The van der Waals surface area contributed by atoms with Gasteiger partial charge in [-0.25, -0.2) is 0 Å². The van der Waals surface area contributed by atoms with Gasteiger partial charge in [-0.2, -0.15) is 0 Å². The second kappa shape index (κ2) is 3.37. The molecule has 2 rings (SSSR count). The summed E-state index contributed by atoms with van der Waals surface area (Å²) < 4.78 is 0. The largest absolute Gasteiger partial charge is 0.311 e. The van der Waals surface area contributed by atoms with Crippen LogP contribution in [0.4, 0.5) is 0 Å². The Morgan fingerprint density at radius 2 is 1.67 bits per heavy atom. The average Bonchev–Trinajstić information content (AvgIpc) is 2.66. The van der Waals surface area contributed by atoms with Crippen LogP contribution < -0.4 is 5.32 Å². The van der Waals surface area contributed by atoms with Crippen LogP contribution in [0, 0.1) is 11.8 Å². The molecule has 2 fully saturated rings. The summed E-state index contributed by atoms with van der Waals surface area (Å²) in [4.78, 5) is 0. The molecular formula is C11H21N. The molecule has 2 aliphatic rings. The molecule has 1 nitrogen and oxygen atoms in total. The van der Waals surface area contributed by atoms with Crippen molar-refractivity contribution in [3.63, 3.8) is 0 Å². The molecule has 0 bridgehead atoms. The molecule has 1 N–H and O–H groups in total. The van der Waals surface area contributed by atoms with Crippen LogP contribution >= 0.6 is 0 Å². The zero-order valence-electron chi connectivity index (χ0n) is 8.34. The molecule has 0 aromatic rings. The first-order valence-corrected chi connectivity index (χ1v) is 5.51. The highest BCUT2D eigenvalue weighted by molar-refractivity contribution is 4.89. The van der Waals surface area contributed by atoms with Gasteiger partial charge in [-0.1, -0.05) is 13.8 Å². The maximum absolute atomic E-state index is 3.74. The van der Waals surface area contributed by atoms with Gasteiger partial charge >= 0.3 is 0 Å². The van der Waals surface area contributed by atoms with Crippen molar-refractivity contribution in [2.45, 2.75) is 58.0 Å². The van der Waals surface area contributed by atoms with E-state index < -0.39 is 0 Å². The van der Waals surface area contributed by atoms with Crippen molar-refractivity contribution in [3.8, 4) is 0 Å². The molecule has 1 heteroatoms. The minimum atomic E-state index is 0.866. The molecule has 0 aromatic heterocycles. The predicted molar refractivity (Wildman–Crippen MR) is 52.1 cm³/mol. The van der Waals surface area contributed by atoms with Crippen LogP contribution in [0.15, 0.2) is 0 Å². The molecule has 0 saturated heterocycles. The lowest BCUT2D eigenvalue weighted by Crippen LogP contribution is -2.28. The Balaban J connectivity index is 1.73. The van der Waals surface area contributed by atoms with Crippen LogP contribution in [0.2, 0.25) is 0 Å². The van der Waals surface area contributed by atoms with Crippen LogP contribution in [0.25, 0.3) is 0 Å². The molecule has 0 spiro atoms. The highest BCUT2D eigenvalue weighted by Crippen LogP contribution is 2.33. The van der Waals surface area contributed by atoms with Crippen LogP contribution in [0.1, 0.15) is 46.0 Å². The van der Waals surface area contributed by atoms with Crippen LogP contribution in [0.3, 0.4) is 0 Å². The molecule has 0 aromatic carbocycles. The summed E-state index contributed by atoms with van der Waals surface area (Å²) in [5.41, 5.74) is 0. The van der Waals surface area contributed by atoms with E-state index in [0.29, 0.717) is 0 Å². The van der Waals surface area contributed by atoms with Gasteiger partial charge in [0, 0.05) is 12.1 Å². The summed E-state index contributed by atoms with van der Waals surface area (Å²) in [7, 11) is 0. The fourth-order valence-electron chi connectivity index (χ4n) is 2.36. The third-order valence-corrected chi connectivity index (χ3v) is 3.46. The first-order valence-electron chi connectivity index (χ1n) is 5.51. The van der Waals surface area contributed by atoms with Crippen molar-refractivity contribution < 1.29 is 0 Å². The Hall–Kier alpha value is -0.0400. The summed E-state index contributed by atoms with van der Waals surface area (Å²) in [5.74, 6) is 1.90. The Morgan fingerprint density at radius 1 is 1.00 bits per heavy atom. The molecule has 0 amide bonds. The molecule has 0 aliphatic heterocycles.